The van der Waals surface area contributed by atoms with E-state index >= 15 is 0 Å². The zero-order valence-electron chi connectivity index (χ0n) is 18.9. The van der Waals surface area contributed by atoms with Gasteiger partial charge in [-0.05, 0) is 52.4 Å². The SMILES string of the molecule is CC(C)n1cc(C(=O)NC2CCCCCC2)c(=O)c(C(=O)N2CCCCC2CCO)c1. The first-order chi connectivity index (χ1) is 14.9. The highest BCUT2D eigenvalue weighted by molar-refractivity contribution is 5.99. The number of aliphatic hydroxyl groups is 1. The summed E-state index contributed by atoms with van der Waals surface area (Å²) in [5.41, 5.74) is -0.409. The second kappa shape index (κ2) is 10.9. The Morgan fingerprint density at radius 3 is 2.32 bits per heavy atom. The van der Waals surface area contributed by atoms with Gasteiger partial charge in [0, 0.05) is 43.7 Å². The third-order valence-electron chi connectivity index (χ3n) is 6.66. The second-order valence-electron chi connectivity index (χ2n) is 9.28. The van der Waals surface area contributed by atoms with Gasteiger partial charge in [-0.15, -0.1) is 0 Å². The summed E-state index contributed by atoms with van der Waals surface area (Å²) in [4.78, 5) is 41.4. The van der Waals surface area contributed by atoms with Crippen molar-refractivity contribution >= 4 is 11.8 Å². The van der Waals surface area contributed by atoms with Crippen LogP contribution in [0.4, 0.5) is 0 Å². The number of amides is 2. The number of carbonyl (C=O) groups excluding carboxylic acids is 2. The van der Waals surface area contributed by atoms with Crippen molar-refractivity contribution in [2.45, 2.75) is 96.2 Å². The van der Waals surface area contributed by atoms with E-state index in [4.69, 9.17) is 0 Å². The molecule has 1 atom stereocenters. The molecular formula is C24H37N3O4. The molecule has 2 amide bonds. The van der Waals surface area contributed by atoms with E-state index in [9.17, 15) is 19.5 Å². The summed E-state index contributed by atoms with van der Waals surface area (Å²) in [6.07, 6.45) is 12.8. The van der Waals surface area contributed by atoms with E-state index in [1.807, 2.05) is 13.8 Å². The first-order valence-electron chi connectivity index (χ1n) is 11.9. The molecule has 0 radical (unpaired) electrons. The van der Waals surface area contributed by atoms with Crippen LogP contribution in [-0.4, -0.2) is 51.6 Å². The molecule has 2 heterocycles. The Kier molecular flexibility index (Phi) is 8.29. The number of piperidine rings is 1. The molecule has 1 saturated carbocycles. The fourth-order valence-corrected chi connectivity index (χ4v) is 4.77. The topological polar surface area (TPSA) is 91.6 Å². The van der Waals surface area contributed by atoms with Crippen molar-refractivity contribution in [2.75, 3.05) is 13.2 Å². The van der Waals surface area contributed by atoms with Crippen LogP contribution in [0.1, 0.15) is 105 Å². The minimum absolute atomic E-state index is 0.00572. The molecule has 2 fully saturated rings. The number of hydrogen-bond acceptors (Lipinski definition) is 4. The van der Waals surface area contributed by atoms with Gasteiger partial charge in [0.2, 0.25) is 5.43 Å². The first-order valence-corrected chi connectivity index (χ1v) is 11.9. The van der Waals surface area contributed by atoms with E-state index in [1.165, 1.54) is 12.8 Å². The molecule has 1 aromatic heterocycles. The molecule has 172 valence electrons. The number of carbonyl (C=O) groups is 2. The number of likely N-dealkylation sites (tertiary alicyclic amines) is 1. The predicted octanol–water partition coefficient (Wildman–Crippen LogP) is 3.26. The van der Waals surface area contributed by atoms with E-state index in [0.717, 1.165) is 44.9 Å². The van der Waals surface area contributed by atoms with Crippen molar-refractivity contribution in [2.24, 2.45) is 0 Å². The lowest BCUT2D eigenvalue weighted by molar-refractivity contribution is 0.0572. The maximum Gasteiger partial charge on any atom is 0.259 e. The van der Waals surface area contributed by atoms with Crippen LogP contribution in [0.2, 0.25) is 0 Å². The van der Waals surface area contributed by atoms with Gasteiger partial charge in [0.05, 0.1) is 0 Å². The summed E-state index contributed by atoms with van der Waals surface area (Å²) in [5, 5.41) is 12.4. The number of nitrogens with zero attached hydrogens (tertiary/aromatic N) is 2. The molecule has 1 aliphatic heterocycles. The summed E-state index contributed by atoms with van der Waals surface area (Å²) in [6, 6.07) is 0.0186. The Hall–Kier alpha value is -2.15. The molecule has 1 unspecified atom stereocenters. The van der Waals surface area contributed by atoms with Gasteiger partial charge < -0.3 is 19.9 Å². The molecule has 31 heavy (non-hydrogen) atoms. The molecule has 1 aliphatic carbocycles. The van der Waals surface area contributed by atoms with Crippen LogP contribution in [0.25, 0.3) is 0 Å². The minimum atomic E-state index is -0.499. The zero-order valence-corrected chi connectivity index (χ0v) is 18.9. The Balaban J connectivity index is 1.91. The summed E-state index contributed by atoms with van der Waals surface area (Å²) >= 11 is 0. The molecule has 1 saturated heterocycles. The van der Waals surface area contributed by atoms with Crippen molar-refractivity contribution in [3.8, 4) is 0 Å². The Bertz CT molecular complexity index is 823. The Morgan fingerprint density at radius 1 is 1.03 bits per heavy atom. The van der Waals surface area contributed by atoms with Gasteiger partial charge in [-0.2, -0.15) is 0 Å². The van der Waals surface area contributed by atoms with Gasteiger partial charge >= 0.3 is 0 Å². The average molecular weight is 432 g/mol. The van der Waals surface area contributed by atoms with E-state index in [0.29, 0.717) is 13.0 Å². The molecule has 7 heteroatoms. The van der Waals surface area contributed by atoms with E-state index in [2.05, 4.69) is 5.32 Å². The number of aromatic nitrogens is 1. The van der Waals surface area contributed by atoms with Gasteiger partial charge in [-0.3, -0.25) is 14.4 Å². The molecule has 7 nitrogen and oxygen atoms in total. The smallest absolute Gasteiger partial charge is 0.259 e. The van der Waals surface area contributed by atoms with Gasteiger partial charge in [0.25, 0.3) is 11.8 Å². The Labute approximate surface area is 184 Å². The number of aliphatic hydroxyl groups excluding tert-OH is 1. The largest absolute Gasteiger partial charge is 0.396 e. The quantitative estimate of drug-likeness (QED) is 0.677. The van der Waals surface area contributed by atoms with Crippen LogP contribution in [0.5, 0.6) is 0 Å². The molecule has 3 rings (SSSR count). The van der Waals surface area contributed by atoms with Crippen LogP contribution in [0.15, 0.2) is 17.2 Å². The highest BCUT2D eigenvalue weighted by atomic mass is 16.3. The number of hydrogen-bond donors (Lipinski definition) is 2. The van der Waals surface area contributed by atoms with Crippen molar-refractivity contribution in [3.63, 3.8) is 0 Å². The molecule has 0 spiro atoms. The van der Waals surface area contributed by atoms with Crippen LogP contribution < -0.4 is 10.7 Å². The van der Waals surface area contributed by atoms with Crippen molar-refractivity contribution in [3.05, 3.63) is 33.7 Å². The summed E-state index contributed by atoms with van der Waals surface area (Å²) in [6.45, 7) is 4.50. The van der Waals surface area contributed by atoms with Crippen molar-refractivity contribution in [1.29, 1.82) is 0 Å². The number of rotatable bonds is 6. The van der Waals surface area contributed by atoms with Crippen LogP contribution in [0.3, 0.4) is 0 Å². The summed E-state index contributed by atoms with van der Waals surface area (Å²) in [7, 11) is 0. The van der Waals surface area contributed by atoms with Crippen molar-refractivity contribution in [1.82, 2.24) is 14.8 Å². The molecule has 1 aromatic rings. The lowest BCUT2D eigenvalue weighted by atomic mass is 9.98. The highest BCUT2D eigenvalue weighted by Crippen LogP contribution is 2.22. The normalized spacial score (nSPS) is 20.5. The molecule has 2 aliphatic rings. The minimum Gasteiger partial charge on any atom is -0.396 e. The zero-order chi connectivity index (χ0) is 22.4. The Morgan fingerprint density at radius 2 is 1.68 bits per heavy atom. The fraction of sp³-hybridized carbons (Fsp3) is 0.708. The third kappa shape index (κ3) is 5.76. The van der Waals surface area contributed by atoms with E-state index in [1.54, 1.807) is 21.9 Å². The van der Waals surface area contributed by atoms with Crippen LogP contribution in [-0.2, 0) is 0 Å². The van der Waals surface area contributed by atoms with Gasteiger partial charge in [0.15, 0.2) is 0 Å². The summed E-state index contributed by atoms with van der Waals surface area (Å²) in [5.74, 6) is -0.715. The first kappa shape index (κ1) is 23.5. The fourth-order valence-electron chi connectivity index (χ4n) is 4.77. The van der Waals surface area contributed by atoms with E-state index in [-0.39, 0.29) is 47.7 Å². The number of pyridine rings is 1. The van der Waals surface area contributed by atoms with Gasteiger partial charge in [0.1, 0.15) is 11.1 Å². The molecule has 2 N–H and O–H groups in total. The maximum absolute atomic E-state index is 13.4. The van der Waals surface area contributed by atoms with Crippen molar-refractivity contribution < 1.29 is 14.7 Å². The van der Waals surface area contributed by atoms with E-state index < -0.39 is 5.43 Å². The standard InChI is InChI=1S/C24H37N3O4/c1-17(2)26-15-20(23(30)25-18-9-5-3-4-6-10-18)22(29)21(16-26)24(31)27-13-8-7-11-19(27)12-14-28/h15-19,28H,3-14H2,1-2H3,(H,25,30). The third-order valence-corrected chi connectivity index (χ3v) is 6.66. The molecular weight excluding hydrogens is 394 g/mol. The lowest BCUT2D eigenvalue weighted by Crippen LogP contribution is -2.46. The van der Waals surface area contributed by atoms with Gasteiger partial charge in [-0.1, -0.05) is 25.7 Å². The van der Waals surface area contributed by atoms with Gasteiger partial charge in [-0.25, -0.2) is 0 Å². The highest BCUT2D eigenvalue weighted by Gasteiger charge is 2.30. The molecule has 0 bridgehead atoms. The summed E-state index contributed by atoms with van der Waals surface area (Å²) < 4.78 is 1.78. The average Bonchev–Trinajstić information content (AvgIpc) is 3.02. The van der Waals surface area contributed by atoms with Crippen LogP contribution >= 0.6 is 0 Å². The monoisotopic (exact) mass is 431 g/mol. The lowest BCUT2D eigenvalue weighted by Gasteiger charge is -2.35. The molecule has 0 aromatic carbocycles. The predicted molar refractivity (Wildman–Crippen MR) is 120 cm³/mol. The maximum atomic E-state index is 13.4. The van der Waals surface area contributed by atoms with Crippen LogP contribution in [0, 0.1) is 0 Å². The number of nitrogens with one attached hydrogen (secondary N) is 1. The second-order valence-corrected chi connectivity index (χ2v) is 9.28.